The van der Waals surface area contributed by atoms with Crippen LogP contribution < -0.4 is 10.1 Å². The van der Waals surface area contributed by atoms with Crippen molar-refractivity contribution in [2.45, 2.75) is 19.9 Å². The molecule has 0 unspecified atom stereocenters. The van der Waals surface area contributed by atoms with E-state index >= 15 is 0 Å². The molecule has 6 heteroatoms. The van der Waals surface area contributed by atoms with Crippen LogP contribution in [-0.2, 0) is 17.8 Å². The number of amides is 1. The minimum atomic E-state index is -0.0184. The predicted molar refractivity (Wildman–Crippen MR) is 98.6 cm³/mol. The molecular weight excluding hydrogens is 334 g/mol. The first kappa shape index (κ1) is 17.1. The summed E-state index contributed by atoms with van der Waals surface area (Å²) in [6.07, 6.45) is 2.07. The number of aryl methyl sites for hydroxylation is 1. The van der Waals surface area contributed by atoms with Gasteiger partial charge in [0, 0.05) is 17.6 Å². The lowest BCUT2D eigenvalue weighted by atomic mass is 10.2. The molecule has 25 heavy (non-hydrogen) atoms. The highest BCUT2D eigenvalue weighted by atomic mass is 32.1. The number of pyridine rings is 1. The number of carbonyl (C=O) groups is 1. The average molecular weight is 353 g/mol. The minimum absolute atomic E-state index is 0.0184. The topological polar surface area (TPSA) is 64.1 Å². The Morgan fingerprint density at radius 1 is 1.20 bits per heavy atom. The monoisotopic (exact) mass is 353 g/mol. The van der Waals surface area contributed by atoms with Crippen molar-refractivity contribution in [1.82, 2.24) is 15.3 Å². The number of carbonyl (C=O) groups excluding carboxylic acids is 1. The maximum atomic E-state index is 12.2. The Balaban J connectivity index is 1.60. The van der Waals surface area contributed by atoms with E-state index in [4.69, 9.17) is 4.74 Å². The quantitative estimate of drug-likeness (QED) is 0.738. The maximum absolute atomic E-state index is 12.2. The first-order valence-corrected chi connectivity index (χ1v) is 8.74. The van der Waals surface area contributed by atoms with Gasteiger partial charge in [0.1, 0.15) is 10.8 Å². The van der Waals surface area contributed by atoms with E-state index < -0.39 is 0 Å². The zero-order valence-corrected chi connectivity index (χ0v) is 15.0. The van der Waals surface area contributed by atoms with Crippen molar-refractivity contribution in [3.05, 3.63) is 64.8 Å². The van der Waals surface area contributed by atoms with Crippen LogP contribution in [0.3, 0.4) is 0 Å². The first-order valence-electron chi connectivity index (χ1n) is 7.93. The van der Waals surface area contributed by atoms with Gasteiger partial charge in [-0.05, 0) is 36.8 Å². The van der Waals surface area contributed by atoms with Crippen LogP contribution >= 0.6 is 11.3 Å². The predicted octanol–water partition coefficient (Wildman–Crippen LogP) is 3.38. The number of nitrogens with one attached hydrogen (secondary N) is 1. The highest BCUT2D eigenvalue weighted by Gasteiger charge is 2.13. The third kappa shape index (κ3) is 4.42. The van der Waals surface area contributed by atoms with E-state index in [0.29, 0.717) is 13.0 Å². The molecule has 0 bridgehead atoms. The fourth-order valence-electron chi connectivity index (χ4n) is 2.34. The number of thiazole rings is 1. The summed E-state index contributed by atoms with van der Waals surface area (Å²) in [5.74, 6) is 0.785. The zero-order chi connectivity index (χ0) is 17.6. The van der Waals surface area contributed by atoms with Crippen molar-refractivity contribution in [2.24, 2.45) is 0 Å². The number of benzene rings is 1. The van der Waals surface area contributed by atoms with Gasteiger partial charge in [0.15, 0.2) is 0 Å². The van der Waals surface area contributed by atoms with Gasteiger partial charge in [-0.15, -0.1) is 11.3 Å². The standard InChI is InChI=1S/C19H19N3O2S/c1-13-17(25-19(22-13)16-5-3-4-10-20-16)11-18(23)21-12-14-6-8-15(24-2)9-7-14/h3-10H,11-12H2,1-2H3,(H,21,23). The Kier molecular flexibility index (Phi) is 5.40. The third-order valence-electron chi connectivity index (χ3n) is 3.75. The van der Waals surface area contributed by atoms with E-state index in [1.807, 2.05) is 49.4 Å². The maximum Gasteiger partial charge on any atom is 0.225 e. The molecule has 0 radical (unpaired) electrons. The molecule has 0 aliphatic carbocycles. The molecule has 0 atom stereocenters. The van der Waals surface area contributed by atoms with E-state index in [1.54, 1.807) is 13.3 Å². The van der Waals surface area contributed by atoms with Crippen LogP contribution in [0, 0.1) is 6.92 Å². The second-order valence-electron chi connectivity index (χ2n) is 5.54. The lowest BCUT2D eigenvalue weighted by Crippen LogP contribution is -2.24. The molecule has 128 valence electrons. The molecule has 0 aliphatic rings. The van der Waals surface area contributed by atoms with Crippen molar-refractivity contribution < 1.29 is 9.53 Å². The van der Waals surface area contributed by atoms with Gasteiger partial charge in [-0.1, -0.05) is 18.2 Å². The Morgan fingerprint density at radius 3 is 2.68 bits per heavy atom. The molecular formula is C19H19N3O2S. The van der Waals surface area contributed by atoms with Crippen LogP contribution in [0.2, 0.25) is 0 Å². The molecule has 2 heterocycles. The summed E-state index contributed by atoms with van der Waals surface area (Å²) in [5.41, 5.74) is 2.75. The summed E-state index contributed by atoms with van der Waals surface area (Å²) in [4.78, 5) is 22.0. The lowest BCUT2D eigenvalue weighted by Gasteiger charge is -2.06. The summed E-state index contributed by atoms with van der Waals surface area (Å²) in [7, 11) is 1.63. The van der Waals surface area contributed by atoms with Crippen LogP contribution in [0.25, 0.3) is 10.7 Å². The molecule has 3 aromatic rings. The van der Waals surface area contributed by atoms with Crippen LogP contribution in [0.1, 0.15) is 16.1 Å². The van der Waals surface area contributed by atoms with E-state index in [0.717, 1.165) is 32.6 Å². The smallest absolute Gasteiger partial charge is 0.225 e. The second kappa shape index (κ2) is 7.90. The van der Waals surface area contributed by atoms with Crippen molar-refractivity contribution in [3.63, 3.8) is 0 Å². The Bertz CT molecular complexity index is 845. The van der Waals surface area contributed by atoms with E-state index in [9.17, 15) is 4.79 Å². The van der Waals surface area contributed by atoms with Gasteiger partial charge in [-0.2, -0.15) is 0 Å². The second-order valence-corrected chi connectivity index (χ2v) is 6.63. The minimum Gasteiger partial charge on any atom is -0.497 e. The molecule has 0 aliphatic heterocycles. The molecule has 0 spiro atoms. The summed E-state index contributed by atoms with van der Waals surface area (Å²) in [5, 5.41) is 3.79. The highest BCUT2D eigenvalue weighted by molar-refractivity contribution is 7.15. The molecule has 5 nitrogen and oxygen atoms in total. The number of hydrogen-bond donors (Lipinski definition) is 1. The first-order chi connectivity index (χ1) is 12.2. The third-order valence-corrected chi connectivity index (χ3v) is 4.93. The van der Waals surface area contributed by atoms with Crippen LogP contribution in [0.5, 0.6) is 5.75 Å². The average Bonchev–Trinajstić information content (AvgIpc) is 3.01. The molecule has 1 amide bonds. The van der Waals surface area contributed by atoms with Gasteiger partial charge in [0.05, 0.1) is 24.9 Å². The Morgan fingerprint density at radius 2 is 2.00 bits per heavy atom. The van der Waals surface area contributed by atoms with Gasteiger partial charge in [0.2, 0.25) is 5.91 Å². The molecule has 2 aromatic heterocycles. The van der Waals surface area contributed by atoms with Gasteiger partial charge < -0.3 is 10.1 Å². The summed E-state index contributed by atoms with van der Waals surface area (Å²) >= 11 is 1.52. The summed E-state index contributed by atoms with van der Waals surface area (Å²) in [6.45, 7) is 2.42. The fourth-order valence-corrected chi connectivity index (χ4v) is 3.38. The molecule has 0 saturated carbocycles. The molecule has 0 fully saturated rings. The van der Waals surface area contributed by atoms with E-state index in [1.165, 1.54) is 11.3 Å². The number of rotatable bonds is 6. The number of ether oxygens (including phenoxy) is 1. The molecule has 1 aromatic carbocycles. The number of nitrogens with zero attached hydrogens (tertiary/aromatic N) is 2. The number of hydrogen-bond acceptors (Lipinski definition) is 5. The van der Waals surface area contributed by atoms with E-state index in [2.05, 4.69) is 15.3 Å². The van der Waals surface area contributed by atoms with Crippen molar-refractivity contribution in [3.8, 4) is 16.5 Å². The van der Waals surface area contributed by atoms with Crippen LogP contribution in [0.15, 0.2) is 48.7 Å². The van der Waals surface area contributed by atoms with Crippen molar-refractivity contribution >= 4 is 17.2 Å². The van der Waals surface area contributed by atoms with Crippen LogP contribution in [0.4, 0.5) is 0 Å². The largest absolute Gasteiger partial charge is 0.497 e. The Labute approximate surface area is 150 Å². The van der Waals surface area contributed by atoms with Gasteiger partial charge >= 0.3 is 0 Å². The van der Waals surface area contributed by atoms with E-state index in [-0.39, 0.29) is 5.91 Å². The van der Waals surface area contributed by atoms with Gasteiger partial charge in [0.25, 0.3) is 0 Å². The molecule has 3 rings (SSSR count). The fraction of sp³-hybridized carbons (Fsp3) is 0.211. The highest BCUT2D eigenvalue weighted by Crippen LogP contribution is 2.26. The normalized spacial score (nSPS) is 10.5. The molecule has 0 saturated heterocycles. The summed E-state index contributed by atoms with van der Waals surface area (Å²) in [6, 6.07) is 13.4. The Hall–Kier alpha value is -2.73. The lowest BCUT2D eigenvalue weighted by molar-refractivity contribution is -0.120. The van der Waals surface area contributed by atoms with Gasteiger partial charge in [-0.3, -0.25) is 9.78 Å². The van der Waals surface area contributed by atoms with Gasteiger partial charge in [-0.25, -0.2) is 4.98 Å². The SMILES string of the molecule is COc1ccc(CNC(=O)Cc2sc(-c3ccccn3)nc2C)cc1. The summed E-state index contributed by atoms with van der Waals surface area (Å²) < 4.78 is 5.13. The molecule has 1 N–H and O–H groups in total. The zero-order valence-electron chi connectivity index (χ0n) is 14.2. The van der Waals surface area contributed by atoms with Crippen molar-refractivity contribution in [2.75, 3.05) is 7.11 Å². The number of aromatic nitrogens is 2. The van der Waals surface area contributed by atoms with Crippen molar-refractivity contribution in [1.29, 1.82) is 0 Å². The number of methoxy groups -OCH3 is 1. The van der Waals surface area contributed by atoms with Crippen LogP contribution in [-0.4, -0.2) is 23.0 Å².